The monoisotopic (exact) mass is 582 g/mol. The third kappa shape index (κ3) is 25.2. The van der Waals surface area contributed by atoms with E-state index in [2.05, 4.69) is 22.1 Å². The van der Waals surface area contributed by atoms with E-state index in [4.69, 9.17) is 0 Å². The predicted molar refractivity (Wildman–Crippen MR) is 140 cm³/mol. The van der Waals surface area contributed by atoms with Gasteiger partial charge in [0.25, 0.3) is 0 Å². The van der Waals surface area contributed by atoms with Gasteiger partial charge in [0.15, 0.2) is 0 Å². The average molecular weight is 581 g/mol. The van der Waals surface area contributed by atoms with Crippen molar-refractivity contribution in [3.8, 4) is 0 Å². The van der Waals surface area contributed by atoms with E-state index in [9.17, 15) is 0 Å². The van der Waals surface area contributed by atoms with Gasteiger partial charge < -0.3 is 0 Å². The molecule has 18 heteroatoms. The van der Waals surface area contributed by atoms with Gasteiger partial charge in [0, 0.05) is 0 Å². The second kappa shape index (κ2) is 25.2. The van der Waals surface area contributed by atoms with Gasteiger partial charge in [0.1, 0.15) is 0 Å². The summed E-state index contributed by atoms with van der Waals surface area (Å²) < 4.78 is 0. The molecule has 0 spiro atoms. The van der Waals surface area contributed by atoms with Crippen LogP contribution in [0.3, 0.4) is 0 Å². The minimum absolute atomic E-state index is 1.28. The van der Waals surface area contributed by atoms with Crippen molar-refractivity contribution in [3.63, 3.8) is 0 Å². The van der Waals surface area contributed by atoms with E-state index in [1.54, 1.807) is 90.7 Å². The van der Waals surface area contributed by atoms with E-state index in [0.717, 1.165) is 0 Å². The molecule has 0 N–H and O–H groups in total. The van der Waals surface area contributed by atoms with E-state index in [0.29, 0.717) is 0 Å². The summed E-state index contributed by atoms with van der Waals surface area (Å²) >= 11 is 0. The predicted octanol–water partition coefficient (Wildman–Crippen LogP) is 15.4. The fourth-order valence-corrected chi connectivity index (χ4v) is 60.8. The zero-order valence-electron chi connectivity index (χ0n) is 10.6. The van der Waals surface area contributed by atoms with E-state index >= 15 is 0 Å². The molecule has 0 radical (unpaired) electrons. The summed E-state index contributed by atoms with van der Waals surface area (Å²) in [6.45, 7) is 4.65. The molecule has 0 amide bonds. The van der Waals surface area contributed by atoms with Crippen molar-refractivity contribution in [2.24, 2.45) is 0 Å². The summed E-state index contributed by atoms with van der Waals surface area (Å²) in [5.41, 5.74) is 0. The fourth-order valence-electron chi connectivity index (χ4n) is 0.481. The van der Waals surface area contributed by atoms with Gasteiger partial charge in [0.2, 0.25) is 0 Å². The first-order valence-electron chi connectivity index (χ1n) is 5.10. The minimum atomic E-state index is 1.28. The minimum Gasteiger partial charge on any atom is -0.0835 e. The zero-order chi connectivity index (χ0) is 15.4. The van der Waals surface area contributed by atoms with Crippen molar-refractivity contribution in [2.45, 2.75) is 19.7 Å². The Labute approximate surface area is 155 Å². The summed E-state index contributed by atoms with van der Waals surface area (Å²) in [6, 6.07) is 0. The molecule has 0 aliphatic heterocycles. The van der Waals surface area contributed by atoms with Gasteiger partial charge in [-0.2, -0.15) is 0 Å². The summed E-state index contributed by atoms with van der Waals surface area (Å²) in [4.78, 5) is 0. The van der Waals surface area contributed by atoms with Crippen molar-refractivity contribution in [1.82, 2.24) is 0 Å². The zero-order valence-corrected chi connectivity index (χ0v) is 26.0. The van der Waals surface area contributed by atoms with Crippen molar-refractivity contribution >= 4 is 136 Å². The average Bonchev–Trinajstić information content (AvgIpc) is 2.50. The van der Waals surface area contributed by atoms with E-state index in [1.165, 1.54) is 43.2 Å². The summed E-state index contributed by atoms with van der Waals surface area (Å²) in [6.07, 6.45) is 2.57. The third-order valence-corrected chi connectivity index (χ3v) is 48.5. The maximum absolute atomic E-state index is 3.47. The third-order valence-electron chi connectivity index (χ3n) is 1.12. The molecule has 0 aliphatic rings. The number of rotatable bonds is 10. The summed E-state index contributed by atoms with van der Waals surface area (Å²) in [5.74, 6) is 0. The first-order valence-corrected chi connectivity index (χ1v) is 31.4. The Balaban J connectivity index is 3.82. The van der Waals surface area contributed by atoms with Crippen LogP contribution in [-0.2, 0) is 0 Å². The van der Waals surface area contributed by atoms with Gasteiger partial charge in [0.05, 0.1) is 0 Å². The van der Waals surface area contributed by atoms with Crippen molar-refractivity contribution in [1.29, 1.82) is 0 Å². The Morgan fingerprint density at radius 3 is 1.38 bits per heavy atom. The van der Waals surface area contributed by atoms with Crippen LogP contribution in [-0.4, -0.2) is 6.62 Å². The number of hydrogen-bond donors (Lipinski definition) is 0. The Kier molecular flexibility index (Phi) is 31.4. The van der Waals surface area contributed by atoms with Gasteiger partial charge in [-0.1, -0.05) is 8.53 Å². The van der Waals surface area contributed by atoms with E-state index in [1.807, 2.05) is 0 Å². The van der Waals surface area contributed by atoms with Crippen molar-refractivity contribution in [2.75, 3.05) is 0 Å². The molecule has 0 aliphatic carbocycles. The Bertz CT molecular complexity index is 478. The quantitative estimate of drug-likeness (QED) is 0.178. The Morgan fingerprint density at radius 2 is 1.00 bits per heavy atom. The maximum atomic E-state index is 3.47. The van der Waals surface area contributed by atoms with Crippen LogP contribution in [0.2, 0.25) is 6.32 Å². The standard InChI is InChI=1S/C3H8BP17/c1-2-3-4-6-8-10-12-14-16-18-20-21-19-17-15-13-11-9-7-5/h5H,2-3H2,1H3. The molecule has 0 aromatic carbocycles. The van der Waals surface area contributed by atoms with Crippen LogP contribution in [0.25, 0.3) is 0 Å². The van der Waals surface area contributed by atoms with Gasteiger partial charge in [-0.15, -0.1) is 0 Å². The molecule has 21 heavy (non-hydrogen) atoms. The second-order valence-corrected chi connectivity index (χ2v) is 38.9. The van der Waals surface area contributed by atoms with Gasteiger partial charge in [-0.25, -0.2) is 0 Å². The van der Waals surface area contributed by atoms with Crippen LogP contribution in [0.15, 0.2) is 0 Å². The molecule has 0 heterocycles. The molecular weight excluding hydrogens is 573 g/mol. The molecule has 0 unspecified atom stereocenters. The number of hydrogen-bond acceptors (Lipinski definition) is 0. The van der Waals surface area contributed by atoms with E-state index < -0.39 is 0 Å². The van der Waals surface area contributed by atoms with Gasteiger partial charge in [-0.3, -0.25) is 0 Å². The van der Waals surface area contributed by atoms with Crippen LogP contribution in [0.4, 0.5) is 0 Å². The summed E-state index contributed by atoms with van der Waals surface area (Å²) in [7, 11) is 28.3. The summed E-state index contributed by atoms with van der Waals surface area (Å²) in [5, 5.41) is 0. The van der Waals surface area contributed by atoms with Crippen LogP contribution in [0.5, 0.6) is 0 Å². The van der Waals surface area contributed by atoms with Crippen LogP contribution in [0.1, 0.15) is 13.3 Å². The fraction of sp³-hybridized carbons (Fsp3) is 1.00. The topological polar surface area (TPSA) is 0 Å². The molecule has 0 atom stereocenters. The normalized spacial score (nSPS) is 14.0. The van der Waals surface area contributed by atoms with E-state index in [-0.39, 0.29) is 0 Å². The SMILES string of the molecule is CCCB=PP=PP=PP=PP=PP=PP=PP=PP=P. The smallest absolute Gasteiger partial charge is 0.0835 e. The molecule has 0 saturated carbocycles. The van der Waals surface area contributed by atoms with Crippen molar-refractivity contribution < 1.29 is 0 Å². The molecule has 0 bridgehead atoms. The first kappa shape index (κ1) is 26.2. The van der Waals surface area contributed by atoms with Crippen molar-refractivity contribution in [3.05, 3.63) is 0 Å². The van der Waals surface area contributed by atoms with Crippen LogP contribution >= 0.6 is 130 Å². The van der Waals surface area contributed by atoms with Crippen LogP contribution in [0, 0.1) is 0 Å². The Morgan fingerprint density at radius 1 is 0.619 bits per heavy atom. The molecule has 0 aromatic heterocycles. The Hall–Kier alpha value is 5.16. The molecule has 108 valence electrons. The molecule has 0 rings (SSSR count). The molecule has 0 nitrogen and oxygen atoms in total. The second-order valence-electron chi connectivity index (χ2n) is 2.44. The first-order chi connectivity index (χ1) is 10.4. The molecule has 0 aromatic rings. The van der Waals surface area contributed by atoms with Gasteiger partial charge >= 0.3 is 117 Å². The van der Waals surface area contributed by atoms with Crippen LogP contribution < -0.4 is 0 Å². The molecule has 0 fully saturated rings. The molecule has 0 saturated heterocycles. The molecular formula is C3H8BP17. The van der Waals surface area contributed by atoms with Gasteiger partial charge in [-0.05, 0) is 30.2 Å².